The molecule has 106 valence electrons. The molecule has 0 amide bonds. The van der Waals surface area contributed by atoms with Crippen LogP contribution in [0, 0.1) is 5.82 Å². The Kier molecular flexibility index (Phi) is 4.39. The summed E-state index contributed by atoms with van der Waals surface area (Å²) in [6.07, 6.45) is 0.363. The average Bonchev–Trinajstić information content (AvgIpc) is 2.68. The first kappa shape index (κ1) is 14.2. The SMILES string of the molecule is CN(C)CC1CC(O)CN1c1cc(F)cc(CN)c1. The zero-order valence-corrected chi connectivity index (χ0v) is 11.5. The van der Waals surface area contributed by atoms with Crippen molar-refractivity contribution in [2.24, 2.45) is 5.73 Å². The second kappa shape index (κ2) is 5.86. The van der Waals surface area contributed by atoms with Gasteiger partial charge in [0.1, 0.15) is 5.82 Å². The predicted octanol–water partition coefficient (Wildman–Crippen LogP) is 0.786. The highest BCUT2D eigenvalue weighted by atomic mass is 19.1. The Bertz CT molecular complexity index is 439. The topological polar surface area (TPSA) is 52.7 Å². The Morgan fingerprint density at radius 2 is 2.16 bits per heavy atom. The van der Waals surface area contributed by atoms with Gasteiger partial charge >= 0.3 is 0 Å². The molecule has 0 aromatic heterocycles. The highest BCUT2D eigenvalue weighted by molar-refractivity contribution is 5.51. The highest BCUT2D eigenvalue weighted by Gasteiger charge is 2.31. The minimum absolute atomic E-state index is 0.206. The first-order valence-corrected chi connectivity index (χ1v) is 6.58. The molecule has 0 aliphatic carbocycles. The van der Waals surface area contributed by atoms with Crippen LogP contribution in [0.1, 0.15) is 12.0 Å². The van der Waals surface area contributed by atoms with Crippen molar-refractivity contribution in [2.75, 3.05) is 32.1 Å². The smallest absolute Gasteiger partial charge is 0.125 e. The van der Waals surface area contributed by atoms with Gasteiger partial charge in [-0.2, -0.15) is 0 Å². The second-order valence-electron chi connectivity index (χ2n) is 5.48. The Hall–Kier alpha value is -1.17. The van der Waals surface area contributed by atoms with Crippen molar-refractivity contribution in [2.45, 2.75) is 25.1 Å². The molecule has 2 unspecified atom stereocenters. The monoisotopic (exact) mass is 267 g/mol. The molecule has 1 heterocycles. The van der Waals surface area contributed by atoms with E-state index in [1.54, 1.807) is 0 Å². The van der Waals surface area contributed by atoms with Gasteiger partial charge in [0, 0.05) is 31.4 Å². The normalized spacial score (nSPS) is 23.4. The number of benzene rings is 1. The Balaban J connectivity index is 2.25. The van der Waals surface area contributed by atoms with Gasteiger partial charge in [-0.1, -0.05) is 0 Å². The Morgan fingerprint density at radius 3 is 2.79 bits per heavy atom. The van der Waals surface area contributed by atoms with E-state index < -0.39 is 0 Å². The van der Waals surface area contributed by atoms with Gasteiger partial charge in [-0.3, -0.25) is 0 Å². The van der Waals surface area contributed by atoms with E-state index in [1.807, 2.05) is 20.2 Å². The number of aliphatic hydroxyl groups excluding tert-OH is 1. The van der Waals surface area contributed by atoms with Crippen molar-refractivity contribution in [1.82, 2.24) is 4.90 Å². The summed E-state index contributed by atoms with van der Waals surface area (Å²) in [5.74, 6) is -0.275. The molecule has 1 aromatic rings. The van der Waals surface area contributed by atoms with Crippen molar-refractivity contribution in [3.8, 4) is 0 Å². The van der Waals surface area contributed by atoms with Crippen molar-refractivity contribution >= 4 is 5.69 Å². The van der Waals surface area contributed by atoms with E-state index in [4.69, 9.17) is 5.73 Å². The maximum absolute atomic E-state index is 13.6. The van der Waals surface area contributed by atoms with Gasteiger partial charge in [-0.05, 0) is 44.3 Å². The van der Waals surface area contributed by atoms with Crippen LogP contribution in [0.4, 0.5) is 10.1 Å². The number of halogens is 1. The van der Waals surface area contributed by atoms with Crippen LogP contribution in [0.25, 0.3) is 0 Å². The van der Waals surface area contributed by atoms with E-state index in [0.717, 1.165) is 17.8 Å². The highest BCUT2D eigenvalue weighted by Crippen LogP contribution is 2.27. The number of rotatable bonds is 4. The van der Waals surface area contributed by atoms with Crippen molar-refractivity contribution in [3.05, 3.63) is 29.6 Å². The number of hydrogen-bond acceptors (Lipinski definition) is 4. The summed E-state index contributed by atoms with van der Waals surface area (Å²) in [6.45, 7) is 1.71. The van der Waals surface area contributed by atoms with Gasteiger partial charge in [0.15, 0.2) is 0 Å². The summed E-state index contributed by atoms with van der Waals surface area (Å²) in [7, 11) is 4.00. The molecular formula is C14H22FN3O. The van der Waals surface area contributed by atoms with Crippen LogP contribution in [0.2, 0.25) is 0 Å². The van der Waals surface area contributed by atoms with Crippen LogP contribution in [0.3, 0.4) is 0 Å². The Labute approximate surface area is 113 Å². The average molecular weight is 267 g/mol. The van der Waals surface area contributed by atoms with Gasteiger partial charge in [-0.15, -0.1) is 0 Å². The number of anilines is 1. The molecule has 1 aliphatic rings. The van der Waals surface area contributed by atoms with Gasteiger partial charge in [-0.25, -0.2) is 4.39 Å². The van der Waals surface area contributed by atoms with Crippen LogP contribution in [-0.4, -0.2) is 49.3 Å². The number of aliphatic hydroxyl groups is 1. The van der Waals surface area contributed by atoms with E-state index in [9.17, 15) is 9.50 Å². The second-order valence-corrected chi connectivity index (χ2v) is 5.48. The zero-order chi connectivity index (χ0) is 14.0. The molecule has 4 nitrogen and oxygen atoms in total. The molecular weight excluding hydrogens is 245 g/mol. The van der Waals surface area contributed by atoms with Crippen molar-refractivity contribution in [3.63, 3.8) is 0 Å². The molecule has 3 N–H and O–H groups in total. The lowest BCUT2D eigenvalue weighted by Crippen LogP contribution is -2.37. The molecule has 1 fully saturated rings. The quantitative estimate of drug-likeness (QED) is 0.847. The molecule has 2 atom stereocenters. The number of hydrogen-bond donors (Lipinski definition) is 2. The fourth-order valence-electron chi connectivity index (χ4n) is 2.72. The minimum Gasteiger partial charge on any atom is -0.391 e. The molecule has 1 aromatic carbocycles. The molecule has 1 aliphatic heterocycles. The maximum atomic E-state index is 13.6. The summed E-state index contributed by atoms with van der Waals surface area (Å²) >= 11 is 0. The number of likely N-dealkylation sites (N-methyl/N-ethyl adjacent to an activating group) is 1. The maximum Gasteiger partial charge on any atom is 0.125 e. The van der Waals surface area contributed by atoms with Crippen LogP contribution >= 0.6 is 0 Å². The third-order valence-electron chi connectivity index (χ3n) is 3.48. The summed E-state index contributed by atoms with van der Waals surface area (Å²) < 4.78 is 13.6. The molecule has 1 saturated heterocycles. The fourth-order valence-corrected chi connectivity index (χ4v) is 2.72. The molecule has 0 saturated carbocycles. The summed E-state index contributed by atoms with van der Waals surface area (Å²) in [4.78, 5) is 4.16. The standard InChI is InChI=1S/C14H22FN3O/c1-17(2)8-13-6-14(19)9-18(13)12-4-10(7-16)3-11(15)5-12/h3-5,13-14,19H,6-9,16H2,1-2H3. The molecule has 0 radical (unpaired) electrons. The van der Waals surface area contributed by atoms with Gasteiger partial charge in [0.2, 0.25) is 0 Å². The predicted molar refractivity (Wildman–Crippen MR) is 74.6 cm³/mol. The third-order valence-corrected chi connectivity index (χ3v) is 3.48. The first-order chi connectivity index (χ1) is 8.99. The molecule has 19 heavy (non-hydrogen) atoms. The Morgan fingerprint density at radius 1 is 1.42 bits per heavy atom. The lowest BCUT2D eigenvalue weighted by Gasteiger charge is -2.29. The zero-order valence-electron chi connectivity index (χ0n) is 11.5. The molecule has 0 bridgehead atoms. The van der Waals surface area contributed by atoms with Crippen LogP contribution in [0.15, 0.2) is 18.2 Å². The summed E-state index contributed by atoms with van der Waals surface area (Å²) in [6, 6.07) is 5.08. The lowest BCUT2D eigenvalue weighted by atomic mass is 10.1. The van der Waals surface area contributed by atoms with Crippen LogP contribution in [0.5, 0.6) is 0 Å². The molecule has 0 spiro atoms. The van der Waals surface area contributed by atoms with E-state index in [-0.39, 0.29) is 18.0 Å². The van der Waals surface area contributed by atoms with Gasteiger partial charge in [0.25, 0.3) is 0 Å². The lowest BCUT2D eigenvalue weighted by molar-refractivity contribution is 0.191. The number of nitrogens with two attached hydrogens (primary N) is 1. The molecule has 5 heteroatoms. The number of β-amino-alcohol motifs (C(OH)–C–C–N with tert-alkyl or cyclic N) is 1. The van der Waals surface area contributed by atoms with E-state index in [1.165, 1.54) is 12.1 Å². The van der Waals surface area contributed by atoms with E-state index >= 15 is 0 Å². The third kappa shape index (κ3) is 3.43. The summed E-state index contributed by atoms with van der Waals surface area (Å²) in [5.41, 5.74) is 7.17. The van der Waals surface area contributed by atoms with E-state index in [0.29, 0.717) is 19.5 Å². The molecule has 2 rings (SSSR count). The van der Waals surface area contributed by atoms with E-state index in [2.05, 4.69) is 9.80 Å². The fraction of sp³-hybridized carbons (Fsp3) is 0.571. The van der Waals surface area contributed by atoms with Crippen LogP contribution < -0.4 is 10.6 Å². The number of nitrogens with zero attached hydrogens (tertiary/aromatic N) is 2. The van der Waals surface area contributed by atoms with Crippen LogP contribution in [-0.2, 0) is 6.54 Å². The minimum atomic E-state index is -0.352. The van der Waals surface area contributed by atoms with Gasteiger partial charge in [0.05, 0.1) is 6.10 Å². The largest absolute Gasteiger partial charge is 0.391 e. The van der Waals surface area contributed by atoms with Crippen molar-refractivity contribution < 1.29 is 9.50 Å². The summed E-state index contributed by atoms with van der Waals surface area (Å²) in [5, 5.41) is 9.86. The first-order valence-electron chi connectivity index (χ1n) is 6.58. The van der Waals surface area contributed by atoms with Crippen molar-refractivity contribution in [1.29, 1.82) is 0 Å². The van der Waals surface area contributed by atoms with Gasteiger partial charge < -0.3 is 20.6 Å².